The highest BCUT2D eigenvalue weighted by molar-refractivity contribution is 6.08. The molecule has 2 N–H and O–H groups in total. The number of para-hydroxylation sites is 1. The second-order valence-electron chi connectivity index (χ2n) is 9.59. The molecule has 1 amide bonds. The standard InChI is InChI=1S/C28H32N6O3/c1-18-14-24(37-3)22(27(35)32-18)15-31-28(36)26-19(2)34(23-7-5-4-6-21(23)26)17-20-8-12-33(13-9-20)25-16-29-10-11-30-25/h4-7,10-11,14,16,20H,8-9,12-13,15,17H2,1-3H3,(H,31,36)(H,32,35). The number of nitrogens with one attached hydrogen (secondary N) is 2. The number of fused-ring (bicyclic) bond motifs is 1. The van der Waals surface area contributed by atoms with E-state index in [2.05, 4.69) is 35.8 Å². The number of nitrogens with zero attached hydrogens (tertiary/aromatic N) is 4. The third kappa shape index (κ3) is 4.94. The van der Waals surface area contributed by atoms with Gasteiger partial charge in [-0.05, 0) is 44.7 Å². The molecular weight excluding hydrogens is 468 g/mol. The first-order chi connectivity index (χ1) is 18.0. The van der Waals surface area contributed by atoms with Crippen LogP contribution in [0, 0.1) is 19.8 Å². The molecule has 1 aliphatic rings. The van der Waals surface area contributed by atoms with E-state index in [1.165, 1.54) is 7.11 Å². The van der Waals surface area contributed by atoms with Crippen molar-refractivity contribution < 1.29 is 9.53 Å². The summed E-state index contributed by atoms with van der Waals surface area (Å²) < 4.78 is 7.65. The summed E-state index contributed by atoms with van der Waals surface area (Å²) in [5.41, 5.74) is 3.47. The molecule has 192 valence electrons. The first-order valence-corrected chi connectivity index (χ1v) is 12.6. The van der Waals surface area contributed by atoms with E-state index in [1.54, 1.807) is 25.4 Å². The smallest absolute Gasteiger partial charge is 0.256 e. The van der Waals surface area contributed by atoms with Gasteiger partial charge in [-0.1, -0.05) is 18.2 Å². The number of carbonyl (C=O) groups is 1. The molecule has 0 saturated carbocycles. The summed E-state index contributed by atoms with van der Waals surface area (Å²) in [7, 11) is 1.52. The normalized spacial score (nSPS) is 14.2. The quantitative estimate of drug-likeness (QED) is 0.402. The molecule has 5 rings (SSSR count). The Morgan fingerprint density at radius 1 is 1.19 bits per heavy atom. The SMILES string of the molecule is COc1cc(C)[nH]c(=O)c1CNC(=O)c1c(C)n(CC2CCN(c3cnccn3)CC2)c2ccccc12. The van der Waals surface area contributed by atoms with Gasteiger partial charge in [0.15, 0.2) is 0 Å². The van der Waals surface area contributed by atoms with Gasteiger partial charge in [0.2, 0.25) is 0 Å². The van der Waals surface area contributed by atoms with Gasteiger partial charge in [-0.3, -0.25) is 14.6 Å². The van der Waals surface area contributed by atoms with E-state index in [1.807, 2.05) is 31.3 Å². The number of aryl methyl sites for hydroxylation is 1. The van der Waals surface area contributed by atoms with E-state index in [9.17, 15) is 9.59 Å². The van der Waals surface area contributed by atoms with Crippen molar-refractivity contribution in [3.63, 3.8) is 0 Å². The summed E-state index contributed by atoms with van der Waals surface area (Å²) >= 11 is 0. The number of piperidine rings is 1. The fourth-order valence-electron chi connectivity index (χ4n) is 5.30. The van der Waals surface area contributed by atoms with Crippen LogP contribution in [0.15, 0.2) is 53.7 Å². The Hall–Kier alpha value is -4.14. The lowest BCUT2D eigenvalue weighted by Crippen LogP contribution is -2.35. The van der Waals surface area contributed by atoms with Gasteiger partial charge in [-0.25, -0.2) is 4.98 Å². The summed E-state index contributed by atoms with van der Waals surface area (Å²) in [6.07, 6.45) is 7.32. The van der Waals surface area contributed by atoms with Crippen molar-refractivity contribution >= 4 is 22.6 Å². The van der Waals surface area contributed by atoms with Crippen molar-refractivity contribution in [2.24, 2.45) is 5.92 Å². The number of H-pyrrole nitrogens is 1. The topological polar surface area (TPSA) is 105 Å². The van der Waals surface area contributed by atoms with Crippen molar-refractivity contribution in [2.45, 2.75) is 39.8 Å². The molecule has 3 aromatic heterocycles. The maximum Gasteiger partial charge on any atom is 0.256 e. The Morgan fingerprint density at radius 3 is 2.70 bits per heavy atom. The zero-order chi connectivity index (χ0) is 25.9. The molecular formula is C28H32N6O3. The molecule has 4 heterocycles. The van der Waals surface area contributed by atoms with Crippen molar-refractivity contribution in [3.05, 3.63) is 81.8 Å². The highest BCUT2D eigenvalue weighted by atomic mass is 16.5. The molecule has 1 aliphatic heterocycles. The molecule has 4 aromatic rings. The molecule has 1 fully saturated rings. The van der Waals surface area contributed by atoms with E-state index in [4.69, 9.17) is 4.74 Å². The average Bonchev–Trinajstić information content (AvgIpc) is 3.19. The number of aromatic amines is 1. The largest absolute Gasteiger partial charge is 0.496 e. The lowest BCUT2D eigenvalue weighted by Gasteiger charge is -2.33. The van der Waals surface area contributed by atoms with Gasteiger partial charge in [-0.15, -0.1) is 0 Å². The Balaban J connectivity index is 1.35. The van der Waals surface area contributed by atoms with Gasteiger partial charge in [0, 0.05) is 54.3 Å². The van der Waals surface area contributed by atoms with E-state index in [-0.39, 0.29) is 18.0 Å². The molecule has 0 bridgehead atoms. The van der Waals surface area contributed by atoms with Crippen molar-refractivity contribution in [3.8, 4) is 5.75 Å². The van der Waals surface area contributed by atoms with Gasteiger partial charge in [0.25, 0.3) is 11.5 Å². The maximum atomic E-state index is 13.4. The molecule has 37 heavy (non-hydrogen) atoms. The molecule has 0 spiro atoms. The molecule has 0 atom stereocenters. The fraction of sp³-hybridized carbons (Fsp3) is 0.357. The Labute approximate surface area is 215 Å². The highest BCUT2D eigenvalue weighted by Crippen LogP contribution is 2.30. The Bertz CT molecular complexity index is 1470. The summed E-state index contributed by atoms with van der Waals surface area (Å²) in [6, 6.07) is 9.78. The number of benzene rings is 1. The van der Waals surface area contributed by atoms with Crippen LogP contribution in [0.3, 0.4) is 0 Å². The zero-order valence-corrected chi connectivity index (χ0v) is 21.5. The van der Waals surface area contributed by atoms with Crippen molar-refractivity contribution in [1.29, 1.82) is 0 Å². The van der Waals surface area contributed by atoms with Crippen molar-refractivity contribution in [2.75, 3.05) is 25.1 Å². The number of rotatable bonds is 7. The monoisotopic (exact) mass is 500 g/mol. The summed E-state index contributed by atoms with van der Waals surface area (Å²) in [5.74, 6) is 1.68. The Kier molecular flexibility index (Phi) is 6.94. The van der Waals surface area contributed by atoms with E-state index in [0.29, 0.717) is 28.5 Å². The number of aromatic nitrogens is 4. The number of methoxy groups -OCH3 is 1. The van der Waals surface area contributed by atoms with Crippen molar-refractivity contribution in [1.82, 2.24) is 24.8 Å². The average molecular weight is 501 g/mol. The van der Waals surface area contributed by atoms with Crippen LogP contribution in [0.25, 0.3) is 10.9 Å². The third-order valence-electron chi connectivity index (χ3n) is 7.26. The number of hydrogen-bond donors (Lipinski definition) is 2. The first-order valence-electron chi connectivity index (χ1n) is 12.6. The summed E-state index contributed by atoms with van der Waals surface area (Å²) in [6.45, 7) is 6.59. The number of ether oxygens (including phenoxy) is 1. The van der Waals surface area contributed by atoms with Crippen LogP contribution in [0.5, 0.6) is 5.75 Å². The third-order valence-corrected chi connectivity index (χ3v) is 7.26. The van der Waals surface area contributed by atoms with Gasteiger partial charge < -0.3 is 24.5 Å². The van der Waals surface area contributed by atoms with Gasteiger partial charge >= 0.3 is 0 Å². The highest BCUT2D eigenvalue weighted by Gasteiger charge is 2.25. The molecule has 0 aliphatic carbocycles. The summed E-state index contributed by atoms with van der Waals surface area (Å²) in [5, 5.41) is 3.87. The van der Waals surface area contributed by atoms with E-state index >= 15 is 0 Å². The summed E-state index contributed by atoms with van der Waals surface area (Å²) in [4.78, 5) is 39.6. The predicted molar refractivity (Wildman–Crippen MR) is 143 cm³/mol. The molecule has 9 nitrogen and oxygen atoms in total. The number of anilines is 1. The maximum absolute atomic E-state index is 13.4. The predicted octanol–water partition coefficient (Wildman–Crippen LogP) is 3.59. The number of amides is 1. The zero-order valence-electron chi connectivity index (χ0n) is 21.5. The van der Waals surface area contributed by atoms with Gasteiger partial charge in [0.05, 0.1) is 31.0 Å². The molecule has 0 radical (unpaired) electrons. The Morgan fingerprint density at radius 2 is 1.97 bits per heavy atom. The van der Waals surface area contributed by atoms with Crippen LogP contribution in [0.1, 0.15) is 40.2 Å². The second kappa shape index (κ2) is 10.5. The number of carbonyl (C=O) groups excluding carboxylic acids is 1. The van der Waals surface area contributed by atoms with E-state index in [0.717, 1.165) is 54.9 Å². The minimum absolute atomic E-state index is 0.0808. The minimum Gasteiger partial charge on any atom is -0.496 e. The van der Waals surface area contributed by atoms with Gasteiger partial charge in [0.1, 0.15) is 11.6 Å². The van der Waals surface area contributed by atoms with Crippen LogP contribution < -0.4 is 20.5 Å². The number of hydrogen-bond acceptors (Lipinski definition) is 6. The lowest BCUT2D eigenvalue weighted by atomic mass is 9.96. The van der Waals surface area contributed by atoms with Crippen LogP contribution in [0.4, 0.5) is 5.82 Å². The van der Waals surface area contributed by atoms with Crippen LogP contribution >= 0.6 is 0 Å². The lowest BCUT2D eigenvalue weighted by molar-refractivity contribution is 0.0951. The first kappa shape index (κ1) is 24.5. The minimum atomic E-state index is -0.260. The van der Waals surface area contributed by atoms with Crippen LogP contribution in [0.2, 0.25) is 0 Å². The molecule has 0 unspecified atom stereocenters. The molecule has 1 saturated heterocycles. The number of pyridine rings is 1. The van der Waals surface area contributed by atoms with Gasteiger partial charge in [-0.2, -0.15) is 0 Å². The molecule has 1 aromatic carbocycles. The van der Waals surface area contributed by atoms with Crippen LogP contribution in [-0.2, 0) is 13.1 Å². The van der Waals surface area contributed by atoms with Crippen LogP contribution in [-0.4, -0.2) is 45.6 Å². The molecule has 9 heteroatoms. The van der Waals surface area contributed by atoms with E-state index < -0.39 is 0 Å². The second-order valence-corrected chi connectivity index (χ2v) is 9.59. The fourth-order valence-corrected chi connectivity index (χ4v) is 5.30.